The molecule has 1 N–H and O–H groups in total. The van der Waals surface area contributed by atoms with Gasteiger partial charge in [-0.15, -0.1) is 22.7 Å². The zero-order chi connectivity index (χ0) is 20.7. The van der Waals surface area contributed by atoms with Crippen molar-refractivity contribution in [2.75, 3.05) is 0 Å². The number of amides is 1. The van der Waals surface area contributed by atoms with Gasteiger partial charge in [0.05, 0.1) is 21.2 Å². The Morgan fingerprint density at radius 3 is 2.52 bits per heavy atom. The van der Waals surface area contributed by atoms with E-state index in [4.69, 9.17) is 0 Å². The molecule has 1 amide bonds. The predicted octanol–water partition coefficient (Wildman–Crippen LogP) is 4.30. The lowest BCUT2D eigenvalue weighted by Gasteiger charge is -2.26. The van der Waals surface area contributed by atoms with Crippen molar-refractivity contribution in [2.45, 2.75) is 33.4 Å². The molecule has 3 aromatic heterocycles. The molecule has 29 heavy (non-hydrogen) atoms. The van der Waals surface area contributed by atoms with Crippen molar-refractivity contribution in [3.8, 4) is 0 Å². The first-order valence-electron chi connectivity index (χ1n) is 9.04. The number of nitrogens with zero attached hydrogens (tertiary/aromatic N) is 3. The number of rotatable bonds is 5. The van der Waals surface area contributed by atoms with Gasteiger partial charge in [-0.1, -0.05) is 0 Å². The van der Waals surface area contributed by atoms with Crippen molar-refractivity contribution in [1.82, 2.24) is 14.9 Å². The summed E-state index contributed by atoms with van der Waals surface area (Å²) in [6, 6.07) is 4.96. The number of Topliss-reactive ketones (excluding diaryl/α,β-unsaturated/α-hetero) is 1. The van der Waals surface area contributed by atoms with E-state index in [1.165, 1.54) is 22.7 Å². The van der Waals surface area contributed by atoms with E-state index in [-0.39, 0.29) is 17.9 Å². The number of hydrogen-bond acceptors (Lipinski definition) is 7. The number of pyridine rings is 1. The van der Waals surface area contributed by atoms with Crippen LogP contribution in [0.25, 0.3) is 0 Å². The summed E-state index contributed by atoms with van der Waals surface area (Å²) in [5.41, 5.74) is 2.59. The fraction of sp³-hybridized carbons (Fsp3) is 0.238. The van der Waals surface area contributed by atoms with Gasteiger partial charge in [0.15, 0.2) is 5.76 Å². The monoisotopic (exact) mass is 425 g/mol. The van der Waals surface area contributed by atoms with Crippen LogP contribution < -0.4 is 0 Å². The lowest BCUT2D eigenvalue weighted by Crippen LogP contribution is -2.30. The van der Waals surface area contributed by atoms with E-state index in [1.54, 1.807) is 24.2 Å². The molecule has 0 saturated heterocycles. The van der Waals surface area contributed by atoms with E-state index in [2.05, 4.69) is 9.97 Å². The van der Waals surface area contributed by atoms with Gasteiger partial charge in [-0.2, -0.15) is 0 Å². The molecule has 0 bridgehead atoms. The summed E-state index contributed by atoms with van der Waals surface area (Å²) >= 11 is 2.76. The first-order chi connectivity index (χ1) is 13.9. The van der Waals surface area contributed by atoms with Crippen molar-refractivity contribution < 1.29 is 14.7 Å². The smallest absolute Gasteiger partial charge is 0.290 e. The van der Waals surface area contributed by atoms with Crippen LogP contribution in [0, 0.1) is 20.8 Å². The molecule has 1 aliphatic heterocycles. The van der Waals surface area contributed by atoms with E-state index >= 15 is 0 Å². The third-order valence-corrected chi connectivity index (χ3v) is 7.05. The molecule has 0 aromatic carbocycles. The van der Waals surface area contributed by atoms with Gasteiger partial charge < -0.3 is 10.0 Å². The molecule has 3 aromatic rings. The number of aromatic nitrogens is 2. The van der Waals surface area contributed by atoms with Crippen LogP contribution in [0.1, 0.15) is 42.4 Å². The summed E-state index contributed by atoms with van der Waals surface area (Å²) in [4.78, 5) is 37.7. The third kappa shape index (κ3) is 3.38. The Morgan fingerprint density at radius 1 is 1.21 bits per heavy atom. The van der Waals surface area contributed by atoms with Crippen LogP contribution in [0.5, 0.6) is 0 Å². The molecular weight excluding hydrogens is 406 g/mol. The van der Waals surface area contributed by atoms with E-state index in [0.717, 1.165) is 21.0 Å². The Bertz CT molecular complexity index is 1130. The Hall–Kier alpha value is -2.84. The number of thiophene rings is 1. The highest BCUT2D eigenvalue weighted by Gasteiger charge is 2.45. The van der Waals surface area contributed by atoms with E-state index in [1.807, 2.05) is 37.4 Å². The van der Waals surface area contributed by atoms with Gasteiger partial charge in [0.25, 0.3) is 5.91 Å². The summed E-state index contributed by atoms with van der Waals surface area (Å²) in [6.45, 7) is 5.82. The lowest BCUT2D eigenvalue weighted by atomic mass is 9.98. The number of aliphatic hydroxyl groups is 1. The molecule has 1 atom stereocenters. The average Bonchev–Trinajstić information content (AvgIpc) is 3.34. The Morgan fingerprint density at radius 2 is 1.93 bits per heavy atom. The zero-order valence-corrected chi connectivity index (χ0v) is 17.8. The van der Waals surface area contributed by atoms with Crippen molar-refractivity contribution in [3.63, 3.8) is 0 Å². The number of carbonyl (C=O) groups excluding carboxylic acids is 2. The minimum atomic E-state index is -0.634. The second-order valence-corrected chi connectivity index (χ2v) is 9.05. The SMILES string of the molecule is Cc1nc(C)c(C(=O)C2=C(O)C(=O)N(Cc3ccncc3)C2c2sccc2C)s1. The zero-order valence-electron chi connectivity index (χ0n) is 16.2. The van der Waals surface area contributed by atoms with Gasteiger partial charge in [-0.3, -0.25) is 14.6 Å². The van der Waals surface area contributed by atoms with Crippen LogP contribution >= 0.6 is 22.7 Å². The Kier molecular flexibility index (Phi) is 5.06. The minimum Gasteiger partial charge on any atom is -0.503 e. The Labute approximate surface area is 176 Å². The number of carbonyl (C=O) groups is 2. The van der Waals surface area contributed by atoms with E-state index in [0.29, 0.717) is 10.6 Å². The Balaban J connectivity index is 1.82. The van der Waals surface area contributed by atoms with Crippen LogP contribution in [0.3, 0.4) is 0 Å². The number of aliphatic hydroxyl groups excluding tert-OH is 1. The maximum absolute atomic E-state index is 13.4. The second-order valence-electron chi connectivity index (χ2n) is 6.90. The molecule has 0 spiro atoms. The summed E-state index contributed by atoms with van der Waals surface area (Å²) in [5, 5.41) is 13.4. The van der Waals surface area contributed by atoms with Crippen LogP contribution in [-0.4, -0.2) is 31.7 Å². The highest BCUT2D eigenvalue weighted by Crippen LogP contribution is 2.43. The highest BCUT2D eigenvalue weighted by molar-refractivity contribution is 7.14. The summed E-state index contributed by atoms with van der Waals surface area (Å²) < 4.78 is 0. The molecule has 0 aliphatic carbocycles. The van der Waals surface area contributed by atoms with Crippen molar-refractivity contribution in [1.29, 1.82) is 0 Å². The standard InChI is InChI=1S/C21H19N3O3S2/c1-11-6-9-28-19(11)16-15(17(25)20-12(2)23-13(3)29-20)18(26)21(27)24(16)10-14-4-7-22-8-5-14/h4-9,16,26H,10H2,1-3H3. The maximum Gasteiger partial charge on any atom is 0.290 e. The number of aryl methyl sites for hydroxylation is 3. The molecule has 4 heterocycles. The maximum atomic E-state index is 13.4. The largest absolute Gasteiger partial charge is 0.503 e. The topological polar surface area (TPSA) is 83.4 Å². The van der Waals surface area contributed by atoms with Crippen molar-refractivity contribution >= 4 is 34.4 Å². The molecule has 0 saturated carbocycles. The van der Waals surface area contributed by atoms with Gasteiger partial charge in [-0.05, 0) is 55.5 Å². The van der Waals surface area contributed by atoms with E-state index in [9.17, 15) is 14.7 Å². The van der Waals surface area contributed by atoms with Gasteiger partial charge in [0.2, 0.25) is 5.78 Å². The third-order valence-electron chi connectivity index (χ3n) is 4.91. The van der Waals surface area contributed by atoms with Crippen molar-refractivity contribution in [3.05, 3.63) is 78.9 Å². The molecular formula is C21H19N3O3S2. The number of hydrogen-bond donors (Lipinski definition) is 1. The second kappa shape index (κ2) is 7.53. The van der Waals surface area contributed by atoms with Crippen LogP contribution in [0.15, 0.2) is 47.3 Å². The number of ketones is 1. The highest BCUT2D eigenvalue weighted by atomic mass is 32.1. The predicted molar refractivity (Wildman–Crippen MR) is 112 cm³/mol. The van der Waals surface area contributed by atoms with Gasteiger partial charge in [0, 0.05) is 23.8 Å². The molecule has 8 heteroatoms. The molecule has 0 fully saturated rings. The summed E-state index contributed by atoms with van der Waals surface area (Å²) in [5.74, 6) is -1.36. The van der Waals surface area contributed by atoms with Gasteiger partial charge in [0.1, 0.15) is 6.04 Å². The first-order valence-corrected chi connectivity index (χ1v) is 10.7. The van der Waals surface area contributed by atoms with Crippen LogP contribution in [-0.2, 0) is 11.3 Å². The molecule has 0 radical (unpaired) electrons. The quantitative estimate of drug-likeness (QED) is 0.616. The van der Waals surface area contributed by atoms with E-state index < -0.39 is 17.7 Å². The molecule has 1 aliphatic rings. The number of thiazole rings is 1. The fourth-order valence-electron chi connectivity index (χ4n) is 3.54. The van der Waals surface area contributed by atoms with Crippen LogP contribution in [0.2, 0.25) is 0 Å². The summed E-state index contributed by atoms with van der Waals surface area (Å²) in [6.07, 6.45) is 3.31. The van der Waals surface area contributed by atoms with Crippen LogP contribution in [0.4, 0.5) is 0 Å². The fourth-order valence-corrected chi connectivity index (χ4v) is 5.46. The molecule has 4 rings (SSSR count). The normalized spacial score (nSPS) is 16.7. The first kappa shape index (κ1) is 19.5. The molecule has 1 unspecified atom stereocenters. The molecule has 6 nitrogen and oxygen atoms in total. The van der Waals surface area contributed by atoms with Gasteiger partial charge in [-0.25, -0.2) is 4.98 Å². The summed E-state index contributed by atoms with van der Waals surface area (Å²) in [7, 11) is 0. The average molecular weight is 426 g/mol. The molecule has 148 valence electrons. The van der Waals surface area contributed by atoms with Crippen molar-refractivity contribution in [2.24, 2.45) is 0 Å². The van der Waals surface area contributed by atoms with Gasteiger partial charge >= 0.3 is 0 Å². The minimum absolute atomic E-state index is 0.126. The lowest BCUT2D eigenvalue weighted by molar-refractivity contribution is -0.130.